The van der Waals surface area contributed by atoms with Crippen molar-refractivity contribution in [3.8, 4) is 6.07 Å². The predicted molar refractivity (Wildman–Crippen MR) is 81.3 cm³/mol. The molecule has 0 bridgehead atoms. The highest BCUT2D eigenvalue weighted by Gasteiger charge is 2.25. The first-order valence-electron chi connectivity index (χ1n) is 6.84. The monoisotopic (exact) mass is 335 g/mol. The summed E-state index contributed by atoms with van der Waals surface area (Å²) < 4.78 is 0.914. The molecule has 0 saturated carbocycles. The molecule has 0 N–H and O–H groups in total. The van der Waals surface area contributed by atoms with Gasteiger partial charge in [-0.15, -0.1) is 0 Å². The molecule has 1 amide bonds. The summed E-state index contributed by atoms with van der Waals surface area (Å²) in [5, 5.41) is 9.08. The summed E-state index contributed by atoms with van der Waals surface area (Å²) >= 11 is 3.39. The molecule has 1 atom stereocenters. The van der Waals surface area contributed by atoms with Gasteiger partial charge in [0.1, 0.15) is 0 Å². The van der Waals surface area contributed by atoms with Crippen LogP contribution in [0.3, 0.4) is 0 Å². The topological polar surface area (TPSA) is 47.3 Å². The van der Waals surface area contributed by atoms with Gasteiger partial charge in [-0.3, -0.25) is 9.69 Å². The molecule has 1 aromatic rings. The maximum Gasteiger partial charge on any atom is 0.253 e. The molecule has 0 aliphatic carbocycles. The van der Waals surface area contributed by atoms with E-state index in [1.54, 1.807) is 0 Å². The fourth-order valence-electron chi connectivity index (χ4n) is 2.47. The van der Waals surface area contributed by atoms with Crippen LogP contribution < -0.4 is 0 Å². The van der Waals surface area contributed by atoms with E-state index in [2.05, 4.69) is 26.9 Å². The molecular formula is C15H18BrN3O. The van der Waals surface area contributed by atoms with Crippen molar-refractivity contribution < 1.29 is 4.79 Å². The summed E-state index contributed by atoms with van der Waals surface area (Å²) in [6.07, 6.45) is 0.829. The zero-order valence-electron chi connectivity index (χ0n) is 11.6. The number of piperazine rings is 1. The largest absolute Gasteiger partial charge is 0.336 e. The van der Waals surface area contributed by atoms with E-state index in [1.807, 2.05) is 36.1 Å². The molecule has 4 nitrogen and oxygen atoms in total. The predicted octanol–water partition coefficient (Wildman–Crippen LogP) is 2.51. The number of nitrogens with zero attached hydrogens (tertiary/aromatic N) is 3. The van der Waals surface area contributed by atoms with Crippen LogP contribution in [0.5, 0.6) is 0 Å². The van der Waals surface area contributed by atoms with Crippen molar-refractivity contribution in [3.05, 3.63) is 34.3 Å². The van der Waals surface area contributed by atoms with E-state index < -0.39 is 0 Å². The van der Waals surface area contributed by atoms with Gasteiger partial charge in [0.05, 0.1) is 12.1 Å². The number of benzene rings is 1. The molecule has 1 aliphatic heterocycles. The van der Waals surface area contributed by atoms with E-state index >= 15 is 0 Å². The standard InChI is InChI=1S/C15H18BrN3O/c1-2-14(11-17)18-6-8-19(9-7-18)15(20)12-4-3-5-13(16)10-12/h3-5,10,14H,2,6-9H2,1H3. The maximum atomic E-state index is 12.4. The van der Waals surface area contributed by atoms with Crippen LogP contribution in [0, 0.1) is 11.3 Å². The summed E-state index contributed by atoms with van der Waals surface area (Å²) in [5.74, 6) is 0.0657. The number of amides is 1. The van der Waals surface area contributed by atoms with Crippen molar-refractivity contribution in [1.29, 1.82) is 5.26 Å². The van der Waals surface area contributed by atoms with Gasteiger partial charge < -0.3 is 4.90 Å². The summed E-state index contributed by atoms with van der Waals surface area (Å²) in [5.41, 5.74) is 0.708. The first kappa shape index (κ1) is 15.0. The van der Waals surface area contributed by atoms with Crippen LogP contribution >= 0.6 is 15.9 Å². The molecule has 0 spiro atoms. The van der Waals surface area contributed by atoms with Gasteiger partial charge in [0, 0.05) is 36.2 Å². The second-order valence-electron chi connectivity index (χ2n) is 4.89. The smallest absolute Gasteiger partial charge is 0.253 e. The number of halogens is 1. The summed E-state index contributed by atoms with van der Waals surface area (Å²) in [6.45, 7) is 4.93. The number of rotatable bonds is 3. The zero-order valence-corrected chi connectivity index (χ0v) is 13.1. The Morgan fingerprint density at radius 1 is 1.40 bits per heavy atom. The van der Waals surface area contributed by atoms with Crippen molar-refractivity contribution >= 4 is 21.8 Å². The van der Waals surface area contributed by atoms with E-state index in [0.29, 0.717) is 18.7 Å². The normalized spacial score (nSPS) is 17.6. The molecule has 106 valence electrons. The quantitative estimate of drug-likeness (QED) is 0.852. The lowest BCUT2D eigenvalue weighted by Gasteiger charge is -2.36. The third-order valence-electron chi connectivity index (χ3n) is 3.65. The molecule has 0 radical (unpaired) electrons. The maximum absolute atomic E-state index is 12.4. The lowest BCUT2D eigenvalue weighted by Crippen LogP contribution is -2.51. The Morgan fingerprint density at radius 2 is 2.10 bits per heavy atom. The Labute approximate surface area is 128 Å². The van der Waals surface area contributed by atoms with Crippen molar-refractivity contribution in [3.63, 3.8) is 0 Å². The van der Waals surface area contributed by atoms with E-state index in [1.165, 1.54) is 0 Å². The van der Waals surface area contributed by atoms with Crippen LogP contribution in [0.4, 0.5) is 0 Å². The Balaban J connectivity index is 1.97. The molecule has 1 unspecified atom stereocenters. The SMILES string of the molecule is CCC(C#N)N1CCN(C(=O)c2cccc(Br)c2)CC1. The third kappa shape index (κ3) is 3.38. The summed E-state index contributed by atoms with van der Waals surface area (Å²) in [6, 6.07) is 9.76. The van der Waals surface area contributed by atoms with Crippen LogP contribution in [0.15, 0.2) is 28.7 Å². The van der Waals surface area contributed by atoms with E-state index in [4.69, 9.17) is 5.26 Å². The highest BCUT2D eigenvalue weighted by molar-refractivity contribution is 9.10. The Bertz CT molecular complexity index is 518. The average Bonchev–Trinajstić information content (AvgIpc) is 2.48. The fourth-order valence-corrected chi connectivity index (χ4v) is 2.87. The van der Waals surface area contributed by atoms with Gasteiger partial charge in [0.15, 0.2) is 0 Å². The zero-order chi connectivity index (χ0) is 14.5. The van der Waals surface area contributed by atoms with Crippen molar-refractivity contribution in [1.82, 2.24) is 9.80 Å². The third-order valence-corrected chi connectivity index (χ3v) is 4.14. The first-order valence-corrected chi connectivity index (χ1v) is 7.63. The highest BCUT2D eigenvalue weighted by Crippen LogP contribution is 2.15. The van der Waals surface area contributed by atoms with Crippen molar-refractivity contribution in [2.75, 3.05) is 26.2 Å². The lowest BCUT2D eigenvalue weighted by molar-refractivity contribution is 0.0604. The minimum Gasteiger partial charge on any atom is -0.336 e. The van der Waals surface area contributed by atoms with Crippen LogP contribution in [-0.2, 0) is 0 Å². The van der Waals surface area contributed by atoms with E-state index in [-0.39, 0.29) is 11.9 Å². The Kier molecular flexibility index (Phi) is 5.16. The Morgan fingerprint density at radius 3 is 2.65 bits per heavy atom. The summed E-state index contributed by atoms with van der Waals surface area (Å²) in [7, 11) is 0. The first-order chi connectivity index (χ1) is 9.65. The van der Waals surface area contributed by atoms with Crippen LogP contribution in [0.1, 0.15) is 23.7 Å². The molecule has 2 rings (SSSR count). The molecule has 5 heteroatoms. The van der Waals surface area contributed by atoms with Gasteiger partial charge >= 0.3 is 0 Å². The molecule has 1 saturated heterocycles. The second kappa shape index (κ2) is 6.87. The molecule has 0 aromatic heterocycles. The van der Waals surface area contributed by atoms with Gasteiger partial charge in [-0.25, -0.2) is 0 Å². The second-order valence-corrected chi connectivity index (χ2v) is 5.81. The van der Waals surface area contributed by atoms with Crippen molar-refractivity contribution in [2.24, 2.45) is 0 Å². The van der Waals surface area contributed by atoms with E-state index in [0.717, 1.165) is 24.0 Å². The molecule has 1 heterocycles. The molecule has 1 aromatic carbocycles. The molecule has 1 fully saturated rings. The molecule has 1 aliphatic rings. The van der Waals surface area contributed by atoms with Gasteiger partial charge in [-0.2, -0.15) is 5.26 Å². The van der Waals surface area contributed by atoms with Crippen LogP contribution in [0.2, 0.25) is 0 Å². The fraction of sp³-hybridized carbons (Fsp3) is 0.467. The number of carbonyl (C=O) groups excluding carboxylic acids is 1. The lowest BCUT2D eigenvalue weighted by atomic mass is 10.1. The van der Waals surface area contributed by atoms with Crippen molar-refractivity contribution in [2.45, 2.75) is 19.4 Å². The van der Waals surface area contributed by atoms with E-state index in [9.17, 15) is 4.79 Å². The van der Waals surface area contributed by atoms with Crippen LogP contribution in [0.25, 0.3) is 0 Å². The number of hydrogen-bond acceptors (Lipinski definition) is 3. The number of nitriles is 1. The Hall–Kier alpha value is -1.38. The minimum absolute atomic E-state index is 0.0295. The average molecular weight is 336 g/mol. The number of carbonyl (C=O) groups is 1. The number of hydrogen-bond donors (Lipinski definition) is 0. The van der Waals surface area contributed by atoms with Gasteiger partial charge in [0.2, 0.25) is 0 Å². The van der Waals surface area contributed by atoms with Crippen LogP contribution in [-0.4, -0.2) is 47.9 Å². The molecular weight excluding hydrogens is 318 g/mol. The molecule has 20 heavy (non-hydrogen) atoms. The minimum atomic E-state index is -0.0295. The summed E-state index contributed by atoms with van der Waals surface area (Å²) in [4.78, 5) is 16.4. The van der Waals surface area contributed by atoms with Gasteiger partial charge in [0.25, 0.3) is 5.91 Å². The van der Waals surface area contributed by atoms with Gasteiger partial charge in [-0.1, -0.05) is 28.9 Å². The highest BCUT2D eigenvalue weighted by atomic mass is 79.9. The van der Waals surface area contributed by atoms with Gasteiger partial charge in [-0.05, 0) is 24.6 Å².